The second-order valence-electron chi connectivity index (χ2n) is 7.60. The summed E-state index contributed by atoms with van der Waals surface area (Å²) in [5.74, 6) is -6.18. The maximum Gasteiger partial charge on any atom is 0.334 e. The van der Waals surface area contributed by atoms with Gasteiger partial charge in [0.1, 0.15) is 12.2 Å². The van der Waals surface area contributed by atoms with E-state index >= 15 is 0 Å². The van der Waals surface area contributed by atoms with E-state index in [4.69, 9.17) is 9.47 Å². The number of carbonyl (C=O) groups is 3. The van der Waals surface area contributed by atoms with Crippen molar-refractivity contribution in [1.82, 2.24) is 0 Å². The van der Waals surface area contributed by atoms with Crippen LogP contribution in [0.3, 0.4) is 0 Å². The van der Waals surface area contributed by atoms with Gasteiger partial charge in [0.25, 0.3) is 0 Å². The molecule has 1 saturated heterocycles. The molecule has 6 nitrogen and oxygen atoms in total. The average Bonchev–Trinajstić information content (AvgIpc) is 3.00. The molecule has 0 amide bonds. The first-order chi connectivity index (χ1) is 12.1. The molecule has 1 N–H and O–H groups in total. The number of Topliss-reactive ketones (excluding diaryl/α,β-unsaturated/α-hetero) is 2. The highest BCUT2D eigenvalue weighted by Crippen LogP contribution is 2.43. The van der Waals surface area contributed by atoms with Crippen molar-refractivity contribution in [2.75, 3.05) is 0 Å². The number of hydrogen-bond acceptors (Lipinski definition) is 6. The molecule has 0 aromatic carbocycles. The molecule has 0 saturated carbocycles. The number of hydrogen-bond donors (Lipinski definition) is 1. The zero-order valence-electron chi connectivity index (χ0n) is 15.3. The molecule has 1 fully saturated rings. The Kier molecular flexibility index (Phi) is 4.53. The van der Waals surface area contributed by atoms with E-state index in [2.05, 4.69) is 13.2 Å². The number of fused-ring (bicyclic) bond motifs is 3. The zero-order valence-corrected chi connectivity index (χ0v) is 15.3. The van der Waals surface area contributed by atoms with Crippen molar-refractivity contribution in [3.8, 4) is 0 Å². The topological polar surface area (TPSA) is 89.9 Å². The van der Waals surface area contributed by atoms with Crippen LogP contribution in [-0.4, -0.2) is 40.6 Å². The number of carbonyl (C=O) groups excluding carboxylic acids is 3. The van der Waals surface area contributed by atoms with Crippen molar-refractivity contribution in [2.24, 2.45) is 17.8 Å². The molecular weight excluding hydrogens is 336 g/mol. The second kappa shape index (κ2) is 6.28. The summed E-state index contributed by atoms with van der Waals surface area (Å²) in [6, 6.07) is 0. The van der Waals surface area contributed by atoms with E-state index < -0.39 is 47.5 Å². The van der Waals surface area contributed by atoms with Crippen molar-refractivity contribution in [3.05, 3.63) is 36.0 Å². The van der Waals surface area contributed by atoms with Gasteiger partial charge in [-0.15, -0.1) is 0 Å². The summed E-state index contributed by atoms with van der Waals surface area (Å²) >= 11 is 0. The normalized spacial score (nSPS) is 39.9. The van der Waals surface area contributed by atoms with E-state index in [9.17, 15) is 19.5 Å². The smallest absolute Gasteiger partial charge is 0.334 e. The van der Waals surface area contributed by atoms with Crippen LogP contribution in [0, 0.1) is 17.8 Å². The van der Waals surface area contributed by atoms with Crippen molar-refractivity contribution in [1.29, 1.82) is 0 Å². The molecule has 0 aliphatic carbocycles. The van der Waals surface area contributed by atoms with Gasteiger partial charge in [0.05, 0.1) is 11.8 Å². The van der Waals surface area contributed by atoms with Gasteiger partial charge >= 0.3 is 5.97 Å². The Morgan fingerprint density at radius 2 is 1.88 bits per heavy atom. The number of aliphatic hydroxyl groups is 1. The van der Waals surface area contributed by atoms with Crippen LogP contribution >= 0.6 is 0 Å². The second-order valence-corrected chi connectivity index (χ2v) is 7.60. The largest absolute Gasteiger partial charge is 0.454 e. The Morgan fingerprint density at radius 3 is 2.46 bits per heavy atom. The molecule has 3 heterocycles. The molecule has 4 bridgehead atoms. The fourth-order valence-electron chi connectivity index (χ4n) is 4.04. The lowest BCUT2D eigenvalue weighted by molar-refractivity contribution is -0.217. The highest BCUT2D eigenvalue weighted by atomic mass is 16.6. The summed E-state index contributed by atoms with van der Waals surface area (Å²) in [4.78, 5) is 38.2. The molecule has 0 aromatic heterocycles. The van der Waals surface area contributed by atoms with Crippen LogP contribution in [0.15, 0.2) is 36.0 Å². The Morgan fingerprint density at radius 1 is 1.23 bits per heavy atom. The molecule has 0 radical (unpaired) electrons. The zero-order chi connectivity index (χ0) is 19.4. The predicted molar refractivity (Wildman–Crippen MR) is 92.8 cm³/mol. The quantitative estimate of drug-likeness (QED) is 0.597. The van der Waals surface area contributed by atoms with Gasteiger partial charge in [0, 0.05) is 11.5 Å². The van der Waals surface area contributed by atoms with Crippen LogP contribution < -0.4 is 0 Å². The van der Waals surface area contributed by atoms with E-state index in [0.29, 0.717) is 29.6 Å². The number of ketones is 2. The van der Waals surface area contributed by atoms with Crippen LogP contribution in [0.25, 0.3) is 0 Å². The average molecular weight is 360 g/mol. The van der Waals surface area contributed by atoms with Gasteiger partial charge < -0.3 is 14.6 Å². The summed E-state index contributed by atoms with van der Waals surface area (Å²) in [5.41, 5.74) is 1.60. The van der Waals surface area contributed by atoms with Crippen molar-refractivity contribution in [2.45, 2.75) is 51.6 Å². The first-order valence-corrected chi connectivity index (χ1v) is 8.78. The van der Waals surface area contributed by atoms with Crippen molar-refractivity contribution in [3.63, 3.8) is 0 Å². The lowest BCUT2D eigenvalue weighted by atomic mass is 9.79. The maximum atomic E-state index is 13.2. The minimum absolute atomic E-state index is 0.330. The number of rotatable bonds is 2. The summed E-state index contributed by atoms with van der Waals surface area (Å²) in [5, 5.41) is 11.0. The first-order valence-electron chi connectivity index (χ1n) is 8.78. The Balaban J connectivity index is 2.13. The Labute approximate surface area is 152 Å². The van der Waals surface area contributed by atoms with E-state index in [-0.39, 0.29) is 5.78 Å². The monoisotopic (exact) mass is 360 g/mol. The van der Waals surface area contributed by atoms with E-state index in [1.54, 1.807) is 19.9 Å². The standard InChI is InChI=1S/C20H24O6/c1-9(2)13-7-6-12-8-14(25-19(12)23)15(10(3)4)18(22)20(24)11(5)16(21)17(13)26-20/h8,11,13-15,17,24H,1,3,6-7H2,2,4-5H3/t11-,13-,14+,15+,17-,20+/m0/s1. The summed E-state index contributed by atoms with van der Waals surface area (Å²) in [6.45, 7) is 12.6. The van der Waals surface area contributed by atoms with Crippen molar-refractivity contribution >= 4 is 17.5 Å². The molecule has 26 heavy (non-hydrogen) atoms. The van der Waals surface area contributed by atoms with Gasteiger partial charge in [-0.1, -0.05) is 24.3 Å². The van der Waals surface area contributed by atoms with Crippen LogP contribution in [0.5, 0.6) is 0 Å². The third kappa shape index (κ3) is 2.68. The third-order valence-electron chi connectivity index (χ3n) is 5.69. The predicted octanol–water partition coefficient (Wildman–Crippen LogP) is 1.88. The van der Waals surface area contributed by atoms with E-state index in [1.165, 1.54) is 6.92 Å². The lowest BCUT2D eigenvalue weighted by Crippen LogP contribution is -2.50. The summed E-state index contributed by atoms with van der Waals surface area (Å²) in [7, 11) is 0. The first kappa shape index (κ1) is 18.7. The maximum absolute atomic E-state index is 13.2. The lowest BCUT2D eigenvalue weighted by Gasteiger charge is -2.31. The molecule has 0 unspecified atom stereocenters. The van der Waals surface area contributed by atoms with Crippen LogP contribution in [0.1, 0.15) is 33.6 Å². The van der Waals surface area contributed by atoms with Crippen molar-refractivity contribution < 1.29 is 29.0 Å². The van der Waals surface area contributed by atoms with E-state index in [0.717, 1.165) is 0 Å². The highest BCUT2D eigenvalue weighted by Gasteiger charge is 2.60. The third-order valence-corrected chi connectivity index (χ3v) is 5.69. The van der Waals surface area contributed by atoms with Crippen LogP contribution in [0.2, 0.25) is 0 Å². The van der Waals surface area contributed by atoms with Crippen LogP contribution in [-0.2, 0) is 23.9 Å². The van der Waals surface area contributed by atoms with Gasteiger partial charge in [-0.25, -0.2) is 4.79 Å². The molecule has 0 aromatic rings. The Hall–Kier alpha value is -2.05. The molecule has 6 atom stereocenters. The molecular formula is C20H24O6. The fraction of sp³-hybridized carbons (Fsp3) is 0.550. The molecule has 0 spiro atoms. The van der Waals surface area contributed by atoms with Gasteiger partial charge in [0.2, 0.25) is 11.6 Å². The van der Waals surface area contributed by atoms with E-state index in [1.807, 2.05) is 0 Å². The number of esters is 1. The minimum Gasteiger partial charge on any atom is -0.454 e. The van der Waals surface area contributed by atoms with Gasteiger partial charge in [-0.05, 0) is 39.7 Å². The fourth-order valence-corrected chi connectivity index (χ4v) is 4.04. The SMILES string of the molecule is C=C(C)[C@H]1C(=O)[C@]2(O)O[C@H](C(=O)[C@@H]2C)[C@H](C(=C)C)CCC2=C[C@H]1OC2=O. The molecule has 6 heteroatoms. The minimum atomic E-state index is -2.27. The highest BCUT2D eigenvalue weighted by molar-refractivity contribution is 6.01. The number of ether oxygens (including phenoxy) is 2. The Bertz CT molecular complexity index is 747. The van der Waals surface area contributed by atoms with Gasteiger partial charge in [-0.2, -0.15) is 0 Å². The molecule has 3 aliphatic heterocycles. The molecule has 3 aliphatic rings. The molecule has 140 valence electrons. The summed E-state index contributed by atoms with van der Waals surface area (Å²) < 4.78 is 11.1. The van der Waals surface area contributed by atoms with Crippen LogP contribution in [0.4, 0.5) is 0 Å². The molecule has 3 rings (SSSR count). The summed E-state index contributed by atoms with van der Waals surface area (Å²) in [6.07, 6.45) is 0.635. The van der Waals surface area contributed by atoms with Gasteiger partial charge in [0.15, 0.2) is 5.78 Å². The van der Waals surface area contributed by atoms with Gasteiger partial charge in [-0.3, -0.25) is 9.59 Å².